The molecule has 0 radical (unpaired) electrons. The number of nitro groups is 2. The number of benzene rings is 2. The van der Waals surface area contributed by atoms with Gasteiger partial charge in [-0.2, -0.15) is 0 Å². The Balaban J connectivity index is 2.82. The minimum absolute atomic E-state index is 0.0279. The van der Waals surface area contributed by atoms with Crippen molar-refractivity contribution in [2.24, 2.45) is 0 Å². The summed E-state index contributed by atoms with van der Waals surface area (Å²) in [7, 11) is 0. The molecule has 0 aromatic heterocycles. The summed E-state index contributed by atoms with van der Waals surface area (Å²) in [5.41, 5.74) is -0.902. The van der Waals surface area contributed by atoms with Crippen molar-refractivity contribution in [1.29, 1.82) is 0 Å². The van der Waals surface area contributed by atoms with Crippen LogP contribution in [0.15, 0.2) is 36.4 Å². The summed E-state index contributed by atoms with van der Waals surface area (Å²) < 4.78 is -2.11. The van der Waals surface area contributed by atoms with Gasteiger partial charge in [0.25, 0.3) is 11.4 Å². The fourth-order valence-corrected chi connectivity index (χ4v) is 3.40. The van der Waals surface area contributed by atoms with E-state index in [1.54, 1.807) is 0 Å². The molecule has 0 heterocycles. The number of nitrogens with zero attached hydrogens (tertiary/aromatic N) is 2. The summed E-state index contributed by atoms with van der Waals surface area (Å²) in [6, 6.07) is 7.50. The fourth-order valence-electron chi connectivity index (χ4n) is 2.36. The van der Waals surface area contributed by atoms with E-state index < -0.39 is 30.9 Å². The average Bonchev–Trinajstić information content (AvgIpc) is 2.48. The van der Waals surface area contributed by atoms with E-state index in [0.29, 0.717) is 0 Å². The summed E-state index contributed by atoms with van der Waals surface area (Å²) in [6.07, 6.45) is 0. The minimum atomic E-state index is -2.11. The molecule has 2 rings (SSSR count). The summed E-state index contributed by atoms with van der Waals surface area (Å²) >= 11 is 29.7. The van der Waals surface area contributed by atoms with Gasteiger partial charge >= 0.3 is 0 Å². The third-order valence-corrected chi connectivity index (χ3v) is 4.45. The SMILES string of the molecule is O=[N+]([O-])c1cc(Cl)ccc1C(c1ccc(Cl)cc1[N+](=O)[O-])C(Cl)(Cl)Cl. The Morgan fingerprint density at radius 2 is 1.16 bits per heavy atom. The van der Waals surface area contributed by atoms with E-state index in [1.807, 2.05) is 0 Å². The maximum absolute atomic E-state index is 11.4. The molecule has 0 saturated heterocycles. The zero-order valence-corrected chi connectivity index (χ0v) is 15.7. The van der Waals surface area contributed by atoms with E-state index in [2.05, 4.69) is 0 Å². The van der Waals surface area contributed by atoms with E-state index >= 15 is 0 Å². The number of nitro benzene ring substituents is 2. The molecule has 11 heteroatoms. The third kappa shape index (κ3) is 4.46. The molecular weight excluding hydrogens is 437 g/mol. The molecule has 0 aliphatic rings. The lowest BCUT2D eigenvalue weighted by Crippen LogP contribution is -2.21. The summed E-state index contributed by atoms with van der Waals surface area (Å²) in [5, 5.41) is 22.9. The Morgan fingerprint density at radius 3 is 1.44 bits per heavy atom. The molecule has 132 valence electrons. The quantitative estimate of drug-likeness (QED) is 0.314. The van der Waals surface area contributed by atoms with Gasteiger partial charge in [0.1, 0.15) is 0 Å². The lowest BCUT2D eigenvalue weighted by Gasteiger charge is -2.25. The van der Waals surface area contributed by atoms with Crippen molar-refractivity contribution < 1.29 is 9.85 Å². The van der Waals surface area contributed by atoms with Crippen molar-refractivity contribution in [2.75, 3.05) is 0 Å². The largest absolute Gasteiger partial charge is 0.274 e. The van der Waals surface area contributed by atoms with Crippen molar-refractivity contribution in [1.82, 2.24) is 0 Å². The van der Waals surface area contributed by atoms with Gasteiger partial charge in [0, 0.05) is 33.3 Å². The second-order valence-electron chi connectivity index (χ2n) is 4.90. The number of alkyl halides is 3. The molecule has 0 atom stereocenters. The Bertz CT molecular complexity index is 790. The first-order chi connectivity index (χ1) is 11.5. The van der Waals surface area contributed by atoms with Crippen LogP contribution in [0.4, 0.5) is 11.4 Å². The molecule has 2 aromatic rings. The lowest BCUT2D eigenvalue weighted by atomic mass is 9.90. The van der Waals surface area contributed by atoms with E-state index in [4.69, 9.17) is 58.0 Å². The van der Waals surface area contributed by atoms with Crippen LogP contribution >= 0.6 is 58.0 Å². The Labute approximate surface area is 166 Å². The fraction of sp³-hybridized carbons (Fsp3) is 0.143. The van der Waals surface area contributed by atoms with Gasteiger partial charge in [-0.25, -0.2) is 0 Å². The van der Waals surface area contributed by atoms with Gasteiger partial charge in [0.2, 0.25) is 3.79 Å². The average molecular weight is 444 g/mol. The first kappa shape index (κ1) is 20.0. The first-order valence-corrected chi connectivity index (χ1v) is 8.35. The second-order valence-corrected chi connectivity index (χ2v) is 8.14. The molecule has 0 aliphatic heterocycles. The molecule has 0 saturated carbocycles. The zero-order chi connectivity index (χ0) is 18.9. The molecule has 0 amide bonds. The smallest absolute Gasteiger partial charge is 0.258 e. The maximum Gasteiger partial charge on any atom is 0.274 e. The van der Waals surface area contributed by atoms with Crippen molar-refractivity contribution in [3.05, 3.63) is 77.8 Å². The zero-order valence-electron chi connectivity index (χ0n) is 12.0. The highest BCUT2D eigenvalue weighted by molar-refractivity contribution is 6.68. The van der Waals surface area contributed by atoms with Crippen LogP contribution in [0.5, 0.6) is 0 Å². The molecule has 25 heavy (non-hydrogen) atoms. The molecule has 0 bridgehead atoms. The number of hydrogen-bond donors (Lipinski definition) is 0. The van der Waals surface area contributed by atoms with Crippen molar-refractivity contribution in [2.45, 2.75) is 9.71 Å². The van der Waals surface area contributed by atoms with Crippen molar-refractivity contribution in [3.8, 4) is 0 Å². The molecule has 0 unspecified atom stereocenters. The molecule has 0 spiro atoms. The van der Waals surface area contributed by atoms with Gasteiger partial charge in [0.15, 0.2) is 0 Å². The van der Waals surface area contributed by atoms with Gasteiger partial charge in [-0.05, 0) is 24.3 Å². The van der Waals surface area contributed by atoms with E-state index in [1.165, 1.54) is 24.3 Å². The van der Waals surface area contributed by atoms with Crippen LogP contribution < -0.4 is 0 Å². The van der Waals surface area contributed by atoms with Gasteiger partial charge < -0.3 is 0 Å². The van der Waals surface area contributed by atoms with Gasteiger partial charge in [-0.15, -0.1) is 0 Å². The highest BCUT2D eigenvalue weighted by atomic mass is 35.6. The van der Waals surface area contributed by atoms with Crippen molar-refractivity contribution in [3.63, 3.8) is 0 Å². The van der Waals surface area contributed by atoms with Gasteiger partial charge in [-0.1, -0.05) is 58.0 Å². The summed E-state index contributed by atoms with van der Waals surface area (Å²) in [6.45, 7) is 0. The van der Waals surface area contributed by atoms with Crippen LogP contribution in [0.1, 0.15) is 17.0 Å². The molecular formula is C14H7Cl5N2O4. The van der Waals surface area contributed by atoms with Crippen LogP contribution in [0.25, 0.3) is 0 Å². The molecule has 0 fully saturated rings. The highest BCUT2D eigenvalue weighted by Gasteiger charge is 2.42. The molecule has 2 aromatic carbocycles. The first-order valence-electron chi connectivity index (χ1n) is 6.46. The van der Waals surface area contributed by atoms with Gasteiger partial charge in [-0.3, -0.25) is 20.2 Å². The summed E-state index contributed by atoms with van der Waals surface area (Å²) in [5.74, 6) is -1.30. The van der Waals surface area contributed by atoms with Crippen LogP contribution in [0.2, 0.25) is 10.0 Å². The van der Waals surface area contributed by atoms with Crippen molar-refractivity contribution >= 4 is 69.4 Å². The number of halogens is 5. The summed E-state index contributed by atoms with van der Waals surface area (Å²) in [4.78, 5) is 21.3. The highest BCUT2D eigenvalue weighted by Crippen LogP contribution is 2.50. The normalized spacial score (nSPS) is 11.6. The Hall–Kier alpha value is -1.31. The van der Waals surface area contributed by atoms with E-state index in [0.717, 1.165) is 12.1 Å². The van der Waals surface area contributed by atoms with E-state index in [-0.39, 0.29) is 21.2 Å². The number of hydrogen-bond acceptors (Lipinski definition) is 4. The maximum atomic E-state index is 11.4. The molecule has 6 nitrogen and oxygen atoms in total. The molecule has 0 N–H and O–H groups in total. The van der Waals surface area contributed by atoms with Crippen LogP contribution in [0.3, 0.4) is 0 Å². The molecule has 0 aliphatic carbocycles. The van der Waals surface area contributed by atoms with Crippen LogP contribution in [-0.2, 0) is 0 Å². The van der Waals surface area contributed by atoms with Crippen LogP contribution in [0, 0.1) is 20.2 Å². The standard InChI is InChI=1S/C14H7Cl5N2O4/c15-7-1-3-9(11(5-7)20(22)23)13(14(17,18)19)10-4-2-8(16)6-12(10)21(24)25/h1-6,13H. The third-order valence-electron chi connectivity index (χ3n) is 3.33. The predicted octanol–water partition coefficient (Wildman–Crippen LogP) is 6.31. The van der Waals surface area contributed by atoms with Gasteiger partial charge in [0.05, 0.1) is 15.8 Å². The predicted molar refractivity (Wildman–Crippen MR) is 98.3 cm³/mol. The minimum Gasteiger partial charge on any atom is -0.258 e. The Kier molecular flexibility index (Phi) is 6.01. The topological polar surface area (TPSA) is 86.3 Å². The second kappa shape index (κ2) is 7.51. The van der Waals surface area contributed by atoms with Crippen LogP contribution in [-0.4, -0.2) is 13.6 Å². The lowest BCUT2D eigenvalue weighted by molar-refractivity contribution is -0.386. The number of rotatable bonds is 4. The Morgan fingerprint density at radius 1 is 0.800 bits per heavy atom. The van der Waals surface area contributed by atoms with E-state index in [9.17, 15) is 20.2 Å². The monoisotopic (exact) mass is 442 g/mol.